The fourth-order valence-corrected chi connectivity index (χ4v) is 4.93. The molecule has 3 atom stereocenters. The lowest BCUT2D eigenvalue weighted by Crippen LogP contribution is -2.47. The van der Waals surface area contributed by atoms with E-state index in [1.165, 1.54) is 0 Å². The van der Waals surface area contributed by atoms with Gasteiger partial charge in [-0.15, -0.1) is 0 Å². The molecule has 0 N–H and O–H groups in total. The molecule has 0 bridgehead atoms. The zero-order valence-electron chi connectivity index (χ0n) is 22.9. The van der Waals surface area contributed by atoms with Crippen LogP contribution in [0.25, 0.3) is 0 Å². The topological polar surface area (TPSA) is 86.1 Å². The molecule has 1 aromatic heterocycles. The number of aromatic nitrogens is 2. The van der Waals surface area contributed by atoms with Crippen LogP contribution < -0.4 is 4.90 Å². The third-order valence-corrected chi connectivity index (χ3v) is 6.92. The van der Waals surface area contributed by atoms with Gasteiger partial charge in [0.05, 0.1) is 56.5 Å². The summed E-state index contributed by atoms with van der Waals surface area (Å²) in [4.78, 5) is 30.1. The quantitative estimate of drug-likeness (QED) is 0.444. The van der Waals surface area contributed by atoms with Crippen LogP contribution in [0.4, 0.5) is 10.5 Å². The standard InChI is InChI=1S/C30H36N4O5/c1-21-16-34-25(17-32(21)29(36)39-30(2,3)4)24(15-31-34)33-18-26(37-19-22-11-7-5-8-12-22)27(28(33)35)38-20-23-13-9-6-10-14-23/h5-15,21,26-27H,16-20H2,1-4H3/t21?,26-,27+/m1/s1. The lowest BCUT2D eigenvalue weighted by atomic mass is 10.2. The van der Waals surface area contributed by atoms with E-state index in [9.17, 15) is 9.59 Å². The molecule has 9 heteroatoms. The number of carbonyl (C=O) groups is 2. The van der Waals surface area contributed by atoms with Crippen molar-refractivity contribution < 1.29 is 23.8 Å². The van der Waals surface area contributed by atoms with E-state index in [4.69, 9.17) is 14.2 Å². The number of rotatable bonds is 7. The molecule has 3 aromatic rings. The van der Waals surface area contributed by atoms with E-state index in [1.807, 2.05) is 93.0 Å². The van der Waals surface area contributed by atoms with Gasteiger partial charge < -0.3 is 19.1 Å². The highest BCUT2D eigenvalue weighted by atomic mass is 16.6. The van der Waals surface area contributed by atoms with Crippen molar-refractivity contribution in [3.8, 4) is 0 Å². The summed E-state index contributed by atoms with van der Waals surface area (Å²) in [5.41, 5.74) is 2.86. The maximum atomic E-state index is 13.8. The first-order valence-electron chi connectivity index (χ1n) is 13.4. The fourth-order valence-electron chi connectivity index (χ4n) is 4.93. The van der Waals surface area contributed by atoms with E-state index in [0.717, 1.165) is 16.8 Å². The second kappa shape index (κ2) is 11.2. The number of nitrogens with zero attached hydrogens (tertiary/aromatic N) is 4. The summed E-state index contributed by atoms with van der Waals surface area (Å²) < 4.78 is 20.0. The van der Waals surface area contributed by atoms with Gasteiger partial charge in [0, 0.05) is 0 Å². The minimum absolute atomic E-state index is 0.0988. The fraction of sp³-hybridized carbons (Fsp3) is 0.433. The zero-order valence-corrected chi connectivity index (χ0v) is 22.9. The van der Waals surface area contributed by atoms with Gasteiger partial charge in [-0.05, 0) is 38.8 Å². The Morgan fingerprint density at radius 2 is 1.56 bits per heavy atom. The Labute approximate surface area is 229 Å². The molecule has 0 radical (unpaired) electrons. The molecule has 1 unspecified atom stereocenters. The van der Waals surface area contributed by atoms with E-state index >= 15 is 0 Å². The van der Waals surface area contributed by atoms with Crippen molar-refractivity contribution in [2.75, 3.05) is 11.4 Å². The predicted octanol–water partition coefficient (Wildman–Crippen LogP) is 4.54. The molecule has 39 heavy (non-hydrogen) atoms. The molecule has 2 aliphatic heterocycles. The molecule has 2 aromatic carbocycles. The first-order chi connectivity index (χ1) is 18.7. The first kappa shape index (κ1) is 26.9. The summed E-state index contributed by atoms with van der Waals surface area (Å²) in [6.07, 6.45) is 0.0801. The van der Waals surface area contributed by atoms with E-state index in [1.54, 1.807) is 16.0 Å². The highest BCUT2D eigenvalue weighted by Crippen LogP contribution is 2.33. The van der Waals surface area contributed by atoms with Gasteiger partial charge in [0.2, 0.25) is 0 Å². The summed E-state index contributed by atoms with van der Waals surface area (Å²) >= 11 is 0. The third kappa shape index (κ3) is 6.15. The molecule has 9 nitrogen and oxygen atoms in total. The monoisotopic (exact) mass is 532 g/mol. The molecule has 0 saturated carbocycles. The van der Waals surface area contributed by atoms with Crippen molar-refractivity contribution in [2.24, 2.45) is 0 Å². The van der Waals surface area contributed by atoms with Gasteiger partial charge in [0.15, 0.2) is 6.10 Å². The maximum absolute atomic E-state index is 13.8. The SMILES string of the molecule is CC1Cn2ncc(N3C[C@@H](OCc4ccccc4)[C@H](OCc4ccccc4)C3=O)c2CN1C(=O)OC(C)(C)C. The van der Waals surface area contributed by atoms with Crippen molar-refractivity contribution in [3.05, 3.63) is 83.7 Å². The summed E-state index contributed by atoms with van der Waals surface area (Å²) in [7, 11) is 0. The van der Waals surface area contributed by atoms with Gasteiger partial charge >= 0.3 is 6.09 Å². The summed E-state index contributed by atoms with van der Waals surface area (Å²) in [5, 5.41) is 4.55. The minimum Gasteiger partial charge on any atom is -0.444 e. The Morgan fingerprint density at radius 1 is 0.949 bits per heavy atom. The molecule has 2 aliphatic rings. The van der Waals surface area contributed by atoms with Gasteiger partial charge in [0.25, 0.3) is 5.91 Å². The van der Waals surface area contributed by atoms with Gasteiger partial charge in [-0.2, -0.15) is 5.10 Å². The number of hydrogen-bond acceptors (Lipinski definition) is 6. The normalized spacial score (nSPS) is 21.2. The van der Waals surface area contributed by atoms with Crippen LogP contribution in [0.5, 0.6) is 0 Å². The Bertz CT molecular complexity index is 1290. The molecule has 2 amide bonds. The van der Waals surface area contributed by atoms with Gasteiger partial charge in [-0.1, -0.05) is 60.7 Å². The number of fused-ring (bicyclic) bond motifs is 1. The molecule has 0 spiro atoms. The average Bonchev–Trinajstić information content (AvgIpc) is 3.45. The summed E-state index contributed by atoms with van der Waals surface area (Å²) in [6, 6.07) is 19.6. The molecule has 1 saturated heterocycles. The van der Waals surface area contributed by atoms with Crippen molar-refractivity contribution in [2.45, 2.75) is 77.8 Å². The molecule has 5 rings (SSSR count). The molecule has 0 aliphatic carbocycles. The highest BCUT2D eigenvalue weighted by molar-refractivity contribution is 6.00. The van der Waals surface area contributed by atoms with Crippen molar-refractivity contribution in [1.82, 2.24) is 14.7 Å². The largest absolute Gasteiger partial charge is 0.444 e. The molecule has 3 heterocycles. The number of ether oxygens (including phenoxy) is 3. The molecular formula is C30H36N4O5. The number of hydrogen-bond donors (Lipinski definition) is 0. The van der Waals surface area contributed by atoms with Crippen molar-refractivity contribution >= 4 is 17.7 Å². The lowest BCUT2D eigenvalue weighted by Gasteiger charge is -2.36. The van der Waals surface area contributed by atoms with E-state index in [0.29, 0.717) is 38.5 Å². The molecule has 1 fully saturated rings. The molecular weight excluding hydrogens is 496 g/mol. The summed E-state index contributed by atoms with van der Waals surface area (Å²) in [6.45, 7) is 9.32. The number of benzene rings is 2. The second-order valence-corrected chi connectivity index (χ2v) is 11.1. The maximum Gasteiger partial charge on any atom is 0.410 e. The van der Waals surface area contributed by atoms with Crippen LogP contribution >= 0.6 is 0 Å². The first-order valence-corrected chi connectivity index (χ1v) is 13.4. The smallest absolute Gasteiger partial charge is 0.410 e. The molecule has 206 valence electrons. The number of carbonyl (C=O) groups excluding carboxylic acids is 2. The third-order valence-electron chi connectivity index (χ3n) is 6.92. The Kier molecular flexibility index (Phi) is 7.72. The van der Waals surface area contributed by atoms with Gasteiger partial charge in [0.1, 0.15) is 11.7 Å². The van der Waals surface area contributed by atoms with E-state index < -0.39 is 17.8 Å². The number of amides is 2. The van der Waals surface area contributed by atoms with Crippen molar-refractivity contribution in [3.63, 3.8) is 0 Å². The lowest BCUT2D eigenvalue weighted by molar-refractivity contribution is -0.135. The van der Waals surface area contributed by atoms with Crippen LogP contribution in [0, 0.1) is 0 Å². The average molecular weight is 533 g/mol. The van der Waals surface area contributed by atoms with Crippen molar-refractivity contribution in [1.29, 1.82) is 0 Å². The van der Waals surface area contributed by atoms with E-state index in [2.05, 4.69) is 5.10 Å². The van der Waals surface area contributed by atoms with Crippen LogP contribution in [0.2, 0.25) is 0 Å². The highest BCUT2D eigenvalue weighted by Gasteiger charge is 2.45. The Balaban J connectivity index is 1.36. The number of anilines is 1. The summed E-state index contributed by atoms with van der Waals surface area (Å²) in [5.74, 6) is -0.178. The minimum atomic E-state index is -0.769. The predicted molar refractivity (Wildman–Crippen MR) is 146 cm³/mol. The van der Waals surface area contributed by atoms with Crippen LogP contribution in [0.15, 0.2) is 66.9 Å². The van der Waals surface area contributed by atoms with Crippen LogP contribution in [-0.4, -0.2) is 57.1 Å². The van der Waals surface area contributed by atoms with Gasteiger partial charge in [-0.25, -0.2) is 4.79 Å². The van der Waals surface area contributed by atoms with E-state index in [-0.39, 0.29) is 18.0 Å². The van der Waals surface area contributed by atoms with Crippen LogP contribution in [0.1, 0.15) is 44.5 Å². The van der Waals surface area contributed by atoms with Crippen LogP contribution in [-0.2, 0) is 45.3 Å². The Morgan fingerprint density at radius 3 is 2.18 bits per heavy atom. The zero-order chi connectivity index (χ0) is 27.6. The Hall–Kier alpha value is -3.69. The second-order valence-electron chi connectivity index (χ2n) is 11.1. The van der Waals surface area contributed by atoms with Gasteiger partial charge in [-0.3, -0.25) is 14.4 Å². The van der Waals surface area contributed by atoms with Crippen LogP contribution in [0.3, 0.4) is 0 Å².